The van der Waals surface area contributed by atoms with Crippen molar-refractivity contribution in [2.45, 2.75) is 65.3 Å². The number of fused-ring (bicyclic) bond motifs is 1. The van der Waals surface area contributed by atoms with Crippen molar-refractivity contribution in [2.75, 3.05) is 13.1 Å². The van der Waals surface area contributed by atoms with Crippen molar-refractivity contribution in [1.82, 2.24) is 20.3 Å². The summed E-state index contributed by atoms with van der Waals surface area (Å²) in [4.78, 5) is 40.7. The first kappa shape index (κ1) is 23.5. The third-order valence-corrected chi connectivity index (χ3v) is 7.48. The van der Waals surface area contributed by atoms with Crippen LogP contribution in [0.5, 0.6) is 5.75 Å². The molecule has 1 N–H and O–H groups in total. The van der Waals surface area contributed by atoms with Gasteiger partial charge in [-0.15, -0.1) is 0 Å². The molecule has 0 bridgehead atoms. The molecule has 5 rings (SSSR count). The lowest BCUT2D eigenvalue weighted by molar-refractivity contribution is -0.136. The maximum absolute atomic E-state index is 13.0. The Morgan fingerprint density at radius 3 is 2.71 bits per heavy atom. The second-order valence-electron chi connectivity index (χ2n) is 10.1. The minimum absolute atomic E-state index is 0.200. The molecule has 186 valence electrons. The van der Waals surface area contributed by atoms with Crippen LogP contribution in [0.4, 0.5) is 0 Å². The number of likely N-dealkylation sites (tertiary alicyclic amines) is 1. The van der Waals surface area contributed by atoms with Crippen molar-refractivity contribution in [1.29, 1.82) is 0 Å². The molecule has 3 aliphatic heterocycles. The zero-order chi connectivity index (χ0) is 24.5. The number of rotatable bonds is 7. The second kappa shape index (κ2) is 9.81. The van der Waals surface area contributed by atoms with Crippen LogP contribution in [-0.4, -0.2) is 51.8 Å². The van der Waals surface area contributed by atoms with Gasteiger partial charge in [-0.25, -0.2) is 0 Å². The van der Waals surface area contributed by atoms with Crippen LogP contribution in [-0.2, 0) is 29.3 Å². The molecular weight excluding hydrogens is 448 g/mol. The van der Waals surface area contributed by atoms with Gasteiger partial charge in [0.25, 0.3) is 5.91 Å². The van der Waals surface area contributed by atoms with Crippen LogP contribution in [0.2, 0.25) is 0 Å². The molecule has 2 aromatic rings. The van der Waals surface area contributed by atoms with Crippen LogP contribution >= 0.6 is 0 Å². The summed E-state index contributed by atoms with van der Waals surface area (Å²) in [6, 6.07) is 6.61. The lowest BCUT2D eigenvalue weighted by Crippen LogP contribution is -2.52. The first-order valence-electron chi connectivity index (χ1n) is 12.4. The minimum atomic E-state index is -0.650. The lowest BCUT2D eigenvalue weighted by Gasteiger charge is -2.33. The average molecular weight is 481 g/mol. The Bertz CT molecular complexity index is 1120. The van der Waals surface area contributed by atoms with Gasteiger partial charge in [-0.1, -0.05) is 25.1 Å². The van der Waals surface area contributed by atoms with E-state index in [1.54, 1.807) is 12.1 Å². The number of nitrogens with zero attached hydrogens (tertiary/aromatic N) is 3. The molecule has 4 heterocycles. The van der Waals surface area contributed by atoms with Crippen molar-refractivity contribution in [3.63, 3.8) is 0 Å². The quantitative estimate of drug-likeness (QED) is 0.608. The van der Waals surface area contributed by atoms with Gasteiger partial charge < -0.3 is 14.2 Å². The summed E-state index contributed by atoms with van der Waals surface area (Å²) in [6.07, 6.45) is 3.00. The number of carbonyl (C=O) groups is 3. The van der Waals surface area contributed by atoms with E-state index >= 15 is 0 Å². The normalized spacial score (nSPS) is 21.5. The Balaban J connectivity index is 1.19. The van der Waals surface area contributed by atoms with E-state index in [2.05, 4.69) is 29.2 Å². The number of aromatic nitrogens is 1. The van der Waals surface area contributed by atoms with Gasteiger partial charge >= 0.3 is 0 Å². The fourth-order valence-electron chi connectivity index (χ4n) is 5.35. The number of carbonyl (C=O) groups excluding carboxylic acids is 3. The molecule has 1 aromatic heterocycles. The van der Waals surface area contributed by atoms with E-state index in [4.69, 9.17) is 9.26 Å². The highest BCUT2D eigenvalue weighted by atomic mass is 16.5. The predicted octanol–water partition coefficient (Wildman–Crippen LogP) is 2.88. The van der Waals surface area contributed by atoms with Crippen LogP contribution in [0.3, 0.4) is 0 Å². The highest BCUT2D eigenvalue weighted by Crippen LogP contribution is 2.34. The van der Waals surface area contributed by atoms with E-state index in [1.165, 1.54) is 17.7 Å². The Morgan fingerprint density at radius 1 is 1.17 bits per heavy atom. The molecule has 9 heteroatoms. The van der Waals surface area contributed by atoms with Crippen LogP contribution in [0, 0.1) is 11.8 Å². The zero-order valence-corrected chi connectivity index (χ0v) is 20.3. The fraction of sp³-hybridized carbons (Fsp3) is 0.538. The number of benzene rings is 1. The van der Waals surface area contributed by atoms with Crippen molar-refractivity contribution in [3.8, 4) is 5.75 Å². The first-order chi connectivity index (χ1) is 16.9. The number of hydrogen-bond donors (Lipinski definition) is 1. The summed E-state index contributed by atoms with van der Waals surface area (Å²) in [5, 5.41) is 6.55. The minimum Gasteiger partial charge on any atom is -0.485 e. The van der Waals surface area contributed by atoms with E-state index in [1.807, 2.05) is 12.1 Å². The molecule has 0 saturated carbocycles. The third-order valence-electron chi connectivity index (χ3n) is 7.48. The standard InChI is InChI=1S/C26H32N4O5/c1-16(2)17-8-10-29(11-9-17)13-18-12-19(35-28-18)15-34-23-5-3-4-20-21(23)14-30(26(20)33)22-6-7-24(31)27-25(22)32/h3-5,12,16-17,22H,6-11,13-15H2,1-2H3,(H,27,31,32). The van der Waals surface area contributed by atoms with Gasteiger partial charge in [0.1, 0.15) is 18.4 Å². The summed E-state index contributed by atoms with van der Waals surface area (Å²) < 4.78 is 11.5. The highest BCUT2D eigenvalue weighted by Gasteiger charge is 2.40. The molecule has 1 unspecified atom stereocenters. The average Bonchev–Trinajstić information content (AvgIpc) is 3.42. The SMILES string of the molecule is CC(C)C1CCN(Cc2cc(COc3cccc4c3CN(C3CCC(=O)NC3=O)C4=O)on2)CC1. The van der Waals surface area contributed by atoms with Gasteiger partial charge in [0, 0.05) is 30.2 Å². The molecule has 2 saturated heterocycles. The van der Waals surface area contributed by atoms with Gasteiger partial charge in [-0.05, 0) is 56.3 Å². The Hall–Kier alpha value is -3.20. The summed E-state index contributed by atoms with van der Waals surface area (Å²) in [5.41, 5.74) is 2.16. The van der Waals surface area contributed by atoms with Gasteiger partial charge in [0.2, 0.25) is 11.8 Å². The molecule has 9 nitrogen and oxygen atoms in total. The van der Waals surface area contributed by atoms with Crippen LogP contribution in [0.1, 0.15) is 66.9 Å². The molecule has 0 radical (unpaired) electrons. The molecule has 0 spiro atoms. The van der Waals surface area contributed by atoms with E-state index in [9.17, 15) is 14.4 Å². The topological polar surface area (TPSA) is 105 Å². The molecule has 3 amide bonds. The smallest absolute Gasteiger partial charge is 0.255 e. The number of amides is 3. The molecule has 1 aromatic carbocycles. The predicted molar refractivity (Wildman–Crippen MR) is 126 cm³/mol. The fourth-order valence-corrected chi connectivity index (χ4v) is 5.35. The maximum Gasteiger partial charge on any atom is 0.255 e. The number of imide groups is 1. The summed E-state index contributed by atoms with van der Waals surface area (Å²) in [6.45, 7) is 7.99. The summed E-state index contributed by atoms with van der Waals surface area (Å²) >= 11 is 0. The maximum atomic E-state index is 13.0. The van der Waals surface area contributed by atoms with Gasteiger partial charge in [-0.2, -0.15) is 0 Å². The van der Waals surface area contributed by atoms with Gasteiger partial charge in [0.15, 0.2) is 5.76 Å². The first-order valence-corrected chi connectivity index (χ1v) is 12.4. The second-order valence-corrected chi connectivity index (χ2v) is 10.1. The van der Waals surface area contributed by atoms with Crippen LogP contribution < -0.4 is 10.1 Å². The Kier molecular flexibility index (Phi) is 6.60. The lowest BCUT2D eigenvalue weighted by atomic mass is 9.87. The zero-order valence-electron chi connectivity index (χ0n) is 20.3. The number of hydrogen-bond acceptors (Lipinski definition) is 7. The van der Waals surface area contributed by atoms with E-state index < -0.39 is 11.9 Å². The number of nitrogens with one attached hydrogen (secondary N) is 1. The Morgan fingerprint density at radius 2 is 1.97 bits per heavy atom. The summed E-state index contributed by atoms with van der Waals surface area (Å²) in [7, 11) is 0. The molecule has 0 aliphatic carbocycles. The van der Waals surface area contributed by atoms with Crippen molar-refractivity contribution in [3.05, 3.63) is 46.8 Å². The monoisotopic (exact) mass is 480 g/mol. The van der Waals surface area contributed by atoms with Crippen LogP contribution in [0.25, 0.3) is 0 Å². The molecule has 35 heavy (non-hydrogen) atoms. The highest BCUT2D eigenvalue weighted by molar-refractivity contribution is 6.05. The molecule has 1 atom stereocenters. The molecule has 3 aliphatic rings. The largest absolute Gasteiger partial charge is 0.485 e. The summed E-state index contributed by atoms with van der Waals surface area (Å²) in [5.74, 6) is 1.80. The number of ether oxygens (including phenoxy) is 1. The van der Waals surface area contributed by atoms with E-state index in [-0.39, 0.29) is 31.4 Å². The van der Waals surface area contributed by atoms with Gasteiger partial charge in [-0.3, -0.25) is 24.6 Å². The van der Waals surface area contributed by atoms with Crippen LogP contribution in [0.15, 0.2) is 28.8 Å². The molecule has 2 fully saturated rings. The van der Waals surface area contributed by atoms with E-state index in [0.717, 1.165) is 42.7 Å². The van der Waals surface area contributed by atoms with Crippen molar-refractivity contribution >= 4 is 17.7 Å². The van der Waals surface area contributed by atoms with Crippen molar-refractivity contribution in [2.24, 2.45) is 11.8 Å². The van der Waals surface area contributed by atoms with Crippen molar-refractivity contribution < 1.29 is 23.6 Å². The molecular formula is C26H32N4O5. The number of piperidine rings is 2. The Labute approximate surface area is 204 Å². The van der Waals surface area contributed by atoms with Gasteiger partial charge in [0.05, 0.1) is 12.2 Å². The third kappa shape index (κ3) is 4.96. The van der Waals surface area contributed by atoms with E-state index in [0.29, 0.717) is 23.5 Å².